The number of hydrogen-bond acceptors (Lipinski definition) is 3. The van der Waals surface area contributed by atoms with Crippen LogP contribution in [-0.4, -0.2) is 38.4 Å². The van der Waals surface area contributed by atoms with Crippen molar-refractivity contribution in [3.05, 3.63) is 21.9 Å². The molecule has 126 valence electrons. The van der Waals surface area contributed by atoms with Crippen LogP contribution in [0.2, 0.25) is 0 Å². The van der Waals surface area contributed by atoms with Gasteiger partial charge in [-0.2, -0.15) is 13.2 Å². The topological polar surface area (TPSA) is 45.7 Å². The molecule has 0 amide bonds. The quantitative estimate of drug-likeness (QED) is 0.435. The van der Waals surface area contributed by atoms with E-state index in [0.29, 0.717) is 25.5 Å². The number of nitrogens with one attached hydrogen (secondary N) is 2. The minimum atomic E-state index is -4.26. The molecule has 0 bridgehead atoms. The lowest BCUT2D eigenvalue weighted by atomic mass is 10.3. The molecule has 0 saturated heterocycles. The second-order valence-corrected chi connectivity index (χ2v) is 5.67. The van der Waals surface area contributed by atoms with E-state index in [1.165, 1.54) is 10.4 Å². The maximum absolute atomic E-state index is 11.9. The van der Waals surface area contributed by atoms with Crippen LogP contribution in [0.25, 0.3) is 0 Å². The summed E-state index contributed by atoms with van der Waals surface area (Å²) >= 11 is 1.66. The third-order valence-corrected chi connectivity index (χ3v) is 3.72. The van der Waals surface area contributed by atoms with Crippen LogP contribution in [0.4, 0.5) is 13.2 Å². The Labute approximate surface area is 132 Å². The molecule has 0 aromatic carbocycles. The van der Waals surface area contributed by atoms with Crippen LogP contribution in [0.15, 0.2) is 16.4 Å². The number of aryl methyl sites for hydroxylation is 1. The molecule has 0 saturated carbocycles. The number of guanidine groups is 1. The van der Waals surface area contributed by atoms with Crippen LogP contribution < -0.4 is 10.6 Å². The number of alkyl halides is 3. The molecule has 0 aliphatic heterocycles. The zero-order valence-electron chi connectivity index (χ0n) is 12.8. The van der Waals surface area contributed by atoms with Crippen LogP contribution in [0, 0.1) is 6.92 Å². The Morgan fingerprint density at radius 2 is 2.14 bits per heavy atom. The van der Waals surface area contributed by atoms with Gasteiger partial charge in [0, 0.05) is 24.6 Å². The van der Waals surface area contributed by atoms with Crippen molar-refractivity contribution >= 4 is 17.3 Å². The molecule has 8 heteroatoms. The van der Waals surface area contributed by atoms with Gasteiger partial charge in [-0.15, -0.1) is 11.3 Å². The third-order valence-electron chi connectivity index (χ3n) is 2.72. The van der Waals surface area contributed by atoms with Crippen molar-refractivity contribution in [1.82, 2.24) is 10.6 Å². The van der Waals surface area contributed by atoms with Crippen LogP contribution in [0.5, 0.6) is 0 Å². The molecule has 0 aliphatic carbocycles. The lowest BCUT2D eigenvalue weighted by Crippen LogP contribution is -2.38. The molecular weight excluding hydrogens is 315 g/mol. The van der Waals surface area contributed by atoms with Gasteiger partial charge in [-0.25, -0.2) is 4.99 Å². The van der Waals surface area contributed by atoms with Crippen molar-refractivity contribution in [3.8, 4) is 0 Å². The highest BCUT2D eigenvalue weighted by Crippen LogP contribution is 2.16. The van der Waals surface area contributed by atoms with E-state index in [2.05, 4.69) is 20.4 Å². The van der Waals surface area contributed by atoms with Gasteiger partial charge in [0.1, 0.15) is 6.61 Å². The number of hydrogen-bond donors (Lipinski definition) is 2. The number of ether oxygens (including phenoxy) is 1. The Bertz CT molecular complexity index is 460. The van der Waals surface area contributed by atoms with Gasteiger partial charge >= 0.3 is 6.18 Å². The molecular formula is C14H22F3N3OS. The third kappa shape index (κ3) is 8.23. The normalized spacial score (nSPS) is 12.5. The monoisotopic (exact) mass is 337 g/mol. The van der Waals surface area contributed by atoms with Crippen molar-refractivity contribution in [2.75, 3.05) is 26.3 Å². The zero-order valence-corrected chi connectivity index (χ0v) is 13.6. The molecule has 0 radical (unpaired) electrons. The van der Waals surface area contributed by atoms with Gasteiger partial charge in [-0.05, 0) is 37.3 Å². The van der Waals surface area contributed by atoms with Crippen molar-refractivity contribution in [2.45, 2.75) is 33.0 Å². The summed E-state index contributed by atoms with van der Waals surface area (Å²) in [5.74, 6) is 0.658. The highest BCUT2D eigenvalue weighted by molar-refractivity contribution is 7.10. The van der Waals surface area contributed by atoms with Crippen LogP contribution in [0.1, 0.15) is 23.8 Å². The van der Waals surface area contributed by atoms with Crippen LogP contribution >= 0.6 is 11.3 Å². The minimum Gasteiger partial charge on any atom is -0.372 e. The predicted octanol–water partition coefficient (Wildman–Crippen LogP) is 3.08. The number of nitrogens with zero attached hydrogens (tertiary/aromatic N) is 1. The van der Waals surface area contributed by atoms with E-state index in [-0.39, 0.29) is 6.61 Å². The summed E-state index contributed by atoms with van der Waals surface area (Å²) in [4.78, 5) is 5.66. The Kier molecular flexibility index (Phi) is 8.26. The fraction of sp³-hybridized carbons (Fsp3) is 0.643. The van der Waals surface area contributed by atoms with Crippen molar-refractivity contribution in [2.24, 2.45) is 4.99 Å². The number of rotatable bonds is 8. The molecule has 0 aliphatic rings. The van der Waals surface area contributed by atoms with Gasteiger partial charge < -0.3 is 15.4 Å². The Balaban J connectivity index is 2.27. The summed E-state index contributed by atoms with van der Waals surface area (Å²) in [5, 5.41) is 8.21. The smallest absolute Gasteiger partial charge is 0.372 e. The lowest BCUT2D eigenvalue weighted by molar-refractivity contribution is -0.173. The molecule has 0 fully saturated rings. The van der Waals surface area contributed by atoms with Crippen molar-refractivity contribution < 1.29 is 17.9 Å². The molecule has 1 rings (SSSR count). The van der Waals surface area contributed by atoms with Gasteiger partial charge in [0.2, 0.25) is 0 Å². The first kappa shape index (κ1) is 18.8. The highest BCUT2D eigenvalue weighted by Gasteiger charge is 2.27. The predicted molar refractivity (Wildman–Crippen MR) is 83.4 cm³/mol. The average molecular weight is 337 g/mol. The first-order valence-corrected chi connectivity index (χ1v) is 8.00. The van der Waals surface area contributed by atoms with E-state index in [1.54, 1.807) is 11.3 Å². The van der Waals surface area contributed by atoms with E-state index >= 15 is 0 Å². The largest absolute Gasteiger partial charge is 0.411 e. The van der Waals surface area contributed by atoms with E-state index in [9.17, 15) is 13.2 Å². The summed E-state index contributed by atoms with van der Waals surface area (Å²) in [5.41, 5.74) is 1.21. The maximum atomic E-state index is 11.9. The summed E-state index contributed by atoms with van der Waals surface area (Å²) in [6.07, 6.45) is -3.78. The molecule has 0 spiro atoms. The SMILES string of the molecule is CCNC(=NCc1sccc1C)NCCCOCC(F)(F)F. The second-order valence-electron chi connectivity index (χ2n) is 4.67. The molecule has 1 aromatic rings. The molecule has 4 nitrogen and oxygen atoms in total. The van der Waals surface area contributed by atoms with Crippen molar-refractivity contribution in [1.29, 1.82) is 0 Å². The van der Waals surface area contributed by atoms with Gasteiger partial charge in [0.15, 0.2) is 5.96 Å². The van der Waals surface area contributed by atoms with E-state index < -0.39 is 12.8 Å². The molecule has 0 atom stereocenters. The van der Waals surface area contributed by atoms with Gasteiger partial charge in [-0.1, -0.05) is 0 Å². The summed E-state index contributed by atoms with van der Waals surface area (Å²) in [6.45, 7) is 4.69. The average Bonchev–Trinajstić information content (AvgIpc) is 2.84. The van der Waals surface area contributed by atoms with Crippen LogP contribution in [0.3, 0.4) is 0 Å². The summed E-state index contributed by atoms with van der Waals surface area (Å²) in [7, 11) is 0. The van der Waals surface area contributed by atoms with Gasteiger partial charge in [0.25, 0.3) is 0 Å². The Morgan fingerprint density at radius 1 is 1.36 bits per heavy atom. The maximum Gasteiger partial charge on any atom is 0.411 e. The first-order valence-electron chi connectivity index (χ1n) is 7.12. The van der Waals surface area contributed by atoms with E-state index in [1.807, 2.05) is 25.3 Å². The summed E-state index contributed by atoms with van der Waals surface area (Å²) in [6, 6.07) is 2.05. The van der Waals surface area contributed by atoms with Crippen molar-refractivity contribution in [3.63, 3.8) is 0 Å². The highest BCUT2D eigenvalue weighted by atomic mass is 32.1. The van der Waals surface area contributed by atoms with Crippen LogP contribution in [-0.2, 0) is 11.3 Å². The molecule has 22 heavy (non-hydrogen) atoms. The summed E-state index contributed by atoms with van der Waals surface area (Å²) < 4.78 is 40.2. The molecule has 1 heterocycles. The minimum absolute atomic E-state index is 0.0654. The lowest BCUT2D eigenvalue weighted by Gasteiger charge is -2.12. The van der Waals surface area contributed by atoms with E-state index in [0.717, 1.165) is 6.54 Å². The first-order chi connectivity index (χ1) is 10.4. The fourth-order valence-electron chi connectivity index (χ4n) is 1.63. The molecule has 2 N–H and O–H groups in total. The fourth-order valence-corrected chi connectivity index (χ4v) is 2.46. The second kappa shape index (κ2) is 9.68. The Hall–Kier alpha value is -1.28. The molecule has 1 aromatic heterocycles. The Morgan fingerprint density at radius 3 is 2.73 bits per heavy atom. The molecule has 0 unspecified atom stereocenters. The standard InChI is InChI=1S/C14H22F3N3OS/c1-3-18-13(20-9-12-11(2)5-8-22-12)19-6-4-7-21-10-14(15,16)17/h5,8H,3-4,6-7,9-10H2,1-2H3,(H2,18,19,20). The zero-order chi connectivity index (χ0) is 16.4. The number of halogens is 3. The number of aliphatic imine (C=N–C) groups is 1. The van der Waals surface area contributed by atoms with Gasteiger partial charge in [0.05, 0.1) is 6.54 Å². The van der Waals surface area contributed by atoms with Gasteiger partial charge in [-0.3, -0.25) is 0 Å². The van der Waals surface area contributed by atoms with E-state index in [4.69, 9.17) is 0 Å². The number of thiophene rings is 1.